The second-order valence-electron chi connectivity index (χ2n) is 9.68. The zero-order valence-corrected chi connectivity index (χ0v) is 24.0. The van der Waals surface area contributed by atoms with E-state index in [1.54, 1.807) is 24.3 Å². The standard InChI is InChI=1S/C31H22F2N4O4S2/c32-25-11-8-20(17-26(25)33)18-36-16-4-7-23(31(36)39)27(38)12-9-21-10-13-28(42-21)24-19-37(30-29(24)34-14-15-35-30)43(40,41)22-5-2-1-3-6-22/h1-8,10-11,13-17,19H,9,12,18H2. The molecule has 216 valence electrons. The fraction of sp³-hybridized carbons (Fsp3) is 0.0968. The molecule has 0 unspecified atom stereocenters. The molecule has 0 bridgehead atoms. The second-order valence-corrected chi connectivity index (χ2v) is 12.7. The first-order valence-corrected chi connectivity index (χ1v) is 15.4. The zero-order valence-electron chi connectivity index (χ0n) is 22.4. The van der Waals surface area contributed by atoms with E-state index in [-0.39, 0.29) is 34.9 Å². The molecule has 0 aliphatic carbocycles. The van der Waals surface area contributed by atoms with E-state index in [4.69, 9.17) is 0 Å². The Labute approximate surface area is 248 Å². The molecule has 0 saturated carbocycles. The summed E-state index contributed by atoms with van der Waals surface area (Å²) in [5.41, 5.74) is 1.10. The van der Waals surface area contributed by atoms with Gasteiger partial charge in [0.05, 0.1) is 17.0 Å². The van der Waals surface area contributed by atoms with Crippen molar-refractivity contribution in [3.8, 4) is 10.4 Å². The van der Waals surface area contributed by atoms with Crippen LogP contribution in [0.1, 0.15) is 27.2 Å². The van der Waals surface area contributed by atoms with Gasteiger partial charge in [0.1, 0.15) is 5.52 Å². The van der Waals surface area contributed by atoms with Gasteiger partial charge in [0, 0.05) is 46.5 Å². The first kappa shape index (κ1) is 28.3. The SMILES string of the molecule is O=C(CCc1ccc(-c2cn(S(=O)(=O)c3ccccc3)c3nccnc23)s1)c1cccn(Cc2ccc(F)c(F)c2)c1=O. The minimum atomic E-state index is -3.92. The van der Waals surface area contributed by atoms with Gasteiger partial charge in [-0.25, -0.2) is 26.2 Å². The second kappa shape index (κ2) is 11.5. The number of Topliss-reactive ketones (excluding diaryl/α,β-unsaturated/α-hetero) is 1. The monoisotopic (exact) mass is 616 g/mol. The minimum Gasteiger partial charge on any atom is -0.310 e. The van der Waals surface area contributed by atoms with Gasteiger partial charge in [-0.1, -0.05) is 24.3 Å². The molecule has 0 amide bonds. The third kappa shape index (κ3) is 5.54. The number of hydrogen-bond donors (Lipinski definition) is 0. The normalized spacial score (nSPS) is 11.7. The molecule has 0 radical (unpaired) electrons. The smallest absolute Gasteiger partial charge is 0.269 e. The van der Waals surface area contributed by atoms with Gasteiger partial charge in [-0.05, 0) is 60.5 Å². The number of rotatable bonds is 9. The molecule has 0 N–H and O–H groups in total. The van der Waals surface area contributed by atoms with Crippen molar-refractivity contribution in [1.82, 2.24) is 18.5 Å². The van der Waals surface area contributed by atoms with Gasteiger partial charge in [0.25, 0.3) is 15.6 Å². The summed E-state index contributed by atoms with van der Waals surface area (Å²) in [6.45, 7) is -0.0120. The van der Waals surface area contributed by atoms with E-state index in [0.717, 1.165) is 25.9 Å². The number of aromatic nitrogens is 4. The van der Waals surface area contributed by atoms with E-state index in [2.05, 4.69) is 9.97 Å². The number of fused-ring (bicyclic) bond motifs is 1. The Bertz CT molecular complexity index is 2160. The Kier molecular flexibility index (Phi) is 7.55. The van der Waals surface area contributed by atoms with Crippen LogP contribution in [0.5, 0.6) is 0 Å². The Morgan fingerprint density at radius 2 is 1.70 bits per heavy atom. The highest BCUT2D eigenvalue weighted by atomic mass is 32.2. The van der Waals surface area contributed by atoms with Gasteiger partial charge < -0.3 is 4.57 Å². The van der Waals surface area contributed by atoms with Gasteiger partial charge in [0.15, 0.2) is 23.1 Å². The van der Waals surface area contributed by atoms with E-state index in [0.29, 0.717) is 23.1 Å². The van der Waals surface area contributed by atoms with Crippen LogP contribution in [0.25, 0.3) is 21.6 Å². The Morgan fingerprint density at radius 1 is 0.907 bits per heavy atom. The van der Waals surface area contributed by atoms with Crippen molar-refractivity contribution in [3.63, 3.8) is 0 Å². The summed E-state index contributed by atoms with van der Waals surface area (Å²) < 4.78 is 56.1. The summed E-state index contributed by atoms with van der Waals surface area (Å²) in [6.07, 6.45) is 6.35. The maximum Gasteiger partial charge on any atom is 0.269 e. The predicted molar refractivity (Wildman–Crippen MR) is 159 cm³/mol. The Hall–Kier alpha value is -4.81. The maximum absolute atomic E-state index is 13.6. The molecule has 0 aliphatic rings. The number of nitrogens with zero attached hydrogens (tertiary/aromatic N) is 4. The average molecular weight is 617 g/mol. The summed E-state index contributed by atoms with van der Waals surface area (Å²) in [6, 6.07) is 18.2. The lowest BCUT2D eigenvalue weighted by molar-refractivity contribution is 0.0981. The molecule has 4 aromatic heterocycles. The number of benzene rings is 2. The topological polar surface area (TPSA) is 104 Å². The third-order valence-corrected chi connectivity index (χ3v) is 9.71. The van der Waals surface area contributed by atoms with Crippen LogP contribution in [0, 0.1) is 11.6 Å². The fourth-order valence-corrected chi connectivity index (χ4v) is 7.08. The van der Waals surface area contributed by atoms with Crippen LogP contribution >= 0.6 is 11.3 Å². The molecule has 4 heterocycles. The van der Waals surface area contributed by atoms with Crippen LogP contribution in [0.2, 0.25) is 0 Å². The van der Waals surface area contributed by atoms with Gasteiger partial charge >= 0.3 is 0 Å². The number of thiophene rings is 1. The summed E-state index contributed by atoms with van der Waals surface area (Å²) in [7, 11) is -3.92. The van der Waals surface area contributed by atoms with Crippen LogP contribution in [0.3, 0.4) is 0 Å². The molecule has 0 aliphatic heterocycles. The maximum atomic E-state index is 13.6. The molecular formula is C31H22F2N4O4S2. The van der Waals surface area contributed by atoms with E-state index < -0.39 is 27.2 Å². The van der Waals surface area contributed by atoms with Crippen molar-refractivity contribution in [2.24, 2.45) is 0 Å². The molecule has 6 aromatic rings. The summed E-state index contributed by atoms with van der Waals surface area (Å²) in [5, 5.41) is 0. The minimum absolute atomic E-state index is 0.00586. The van der Waals surface area contributed by atoms with Crippen molar-refractivity contribution in [2.45, 2.75) is 24.3 Å². The first-order valence-electron chi connectivity index (χ1n) is 13.1. The van der Waals surface area contributed by atoms with E-state index in [1.807, 2.05) is 12.1 Å². The molecule has 0 fully saturated rings. The lowest BCUT2D eigenvalue weighted by Gasteiger charge is -2.08. The first-order chi connectivity index (χ1) is 20.7. The zero-order chi connectivity index (χ0) is 30.1. The van der Waals surface area contributed by atoms with E-state index in [9.17, 15) is 26.8 Å². The lowest BCUT2D eigenvalue weighted by atomic mass is 10.1. The largest absolute Gasteiger partial charge is 0.310 e. The predicted octanol–water partition coefficient (Wildman–Crippen LogP) is 5.70. The lowest BCUT2D eigenvalue weighted by Crippen LogP contribution is -2.26. The van der Waals surface area contributed by atoms with Crippen LogP contribution in [0.4, 0.5) is 8.78 Å². The number of aryl methyl sites for hydroxylation is 1. The fourth-order valence-electron chi connectivity index (χ4n) is 4.73. The Morgan fingerprint density at radius 3 is 2.49 bits per heavy atom. The molecule has 2 aromatic carbocycles. The summed E-state index contributed by atoms with van der Waals surface area (Å²) in [4.78, 5) is 36.4. The van der Waals surface area contributed by atoms with E-state index >= 15 is 0 Å². The quantitative estimate of drug-likeness (QED) is 0.193. The molecule has 0 atom stereocenters. The molecule has 0 spiro atoms. The van der Waals surface area contributed by atoms with Crippen LogP contribution in [0.15, 0.2) is 107 Å². The van der Waals surface area contributed by atoms with Crippen LogP contribution < -0.4 is 5.56 Å². The van der Waals surface area contributed by atoms with Gasteiger partial charge in [-0.15, -0.1) is 11.3 Å². The third-order valence-electron chi connectivity index (χ3n) is 6.87. The average Bonchev–Trinajstić information content (AvgIpc) is 3.64. The molecule has 8 nitrogen and oxygen atoms in total. The number of hydrogen-bond acceptors (Lipinski definition) is 7. The highest BCUT2D eigenvalue weighted by molar-refractivity contribution is 7.90. The molecule has 0 saturated heterocycles. The summed E-state index contributed by atoms with van der Waals surface area (Å²) >= 11 is 1.39. The molecule has 6 rings (SSSR count). The summed E-state index contributed by atoms with van der Waals surface area (Å²) in [5.74, 6) is -2.34. The number of ketones is 1. The number of carbonyl (C=O) groups is 1. The number of carbonyl (C=O) groups excluding carboxylic acids is 1. The number of pyridine rings is 1. The van der Waals surface area contributed by atoms with Crippen LogP contribution in [-0.4, -0.2) is 32.7 Å². The van der Waals surface area contributed by atoms with Crippen molar-refractivity contribution < 1.29 is 22.0 Å². The van der Waals surface area contributed by atoms with Crippen molar-refractivity contribution in [1.29, 1.82) is 0 Å². The van der Waals surface area contributed by atoms with Gasteiger partial charge in [0.2, 0.25) is 0 Å². The molecule has 12 heteroatoms. The highest BCUT2D eigenvalue weighted by Gasteiger charge is 2.24. The van der Waals surface area contributed by atoms with Crippen LogP contribution in [-0.2, 0) is 23.0 Å². The van der Waals surface area contributed by atoms with E-state index in [1.165, 1.54) is 65.0 Å². The molecule has 43 heavy (non-hydrogen) atoms. The number of halogens is 2. The van der Waals surface area contributed by atoms with Crippen molar-refractivity contribution >= 4 is 38.3 Å². The van der Waals surface area contributed by atoms with Crippen molar-refractivity contribution in [2.75, 3.05) is 0 Å². The Balaban J connectivity index is 1.22. The highest BCUT2D eigenvalue weighted by Crippen LogP contribution is 2.35. The van der Waals surface area contributed by atoms with Crippen molar-refractivity contribution in [3.05, 3.63) is 136 Å². The van der Waals surface area contributed by atoms with Gasteiger partial charge in [-0.2, -0.15) is 0 Å². The molecular weight excluding hydrogens is 594 g/mol. The van der Waals surface area contributed by atoms with Gasteiger partial charge in [-0.3, -0.25) is 14.6 Å².